The van der Waals surface area contributed by atoms with E-state index in [1.807, 2.05) is 13.8 Å². The molecule has 0 spiro atoms. The topological polar surface area (TPSA) is 77.5 Å². The van der Waals surface area contributed by atoms with Gasteiger partial charge in [0.05, 0.1) is 5.69 Å². The van der Waals surface area contributed by atoms with Gasteiger partial charge in [0.25, 0.3) is 0 Å². The van der Waals surface area contributed by atoms with Gasteiger partial charge in [0.1, 0.15) is 13.2 Å². The van der Waals surface area contributed by atoms with Crippen LogP contribution in [0.3, 0.4) is 0 Å². The van der Waals surface area contributed by atoms with Crippen LogP contribution in [0.25, 0.3) is 0 Å². The number of carbonyl (C=O) groups excluding carboxylic acids is 2. The summed E-state index contributed by atoms with van der Waals surface area (Å²) in [6.45, 7) is 4.83. The molecule has 1 aromatic carbocycles. The van der Waals surface area contributed by atoms with E-state index in [0.29, 0.717) is 35.4 Å². The molecule has 6 nitrogen and oxygen atoms in total. The molecule has 0 saturated heterocycles. The molecule has 0 atom stereocenters. The Morgan fingerprint density at radius 3 is 2.62 bits per heavy atom. The summed E-state index contributed by atoms with van der Waals surface area (Å²) in [5, 5.41) is 3.30. The van der Waals surface area contributed by atoms with Crippen molar-refractivity contribution >= 4 is 28.2 Å². The van der Waals surface area contributed by atoms with Gasteiger partial charge >= 0.3 is 0 Å². The third-order valence-electron chi connectivity index (χ3n) is 3.72. The predicted molar refractivity (Wildman–Crippen MR) is 91.2 cm³/mol. The van der Waals surface area contributed by atoms with E-state index in [-0.39, 0.29) is 24.5 Å². The third-order valence-corrected chi connectivity index (χ3v) is 4.71. The van der Waals surface area contributed by atoms with Crippen LogP contribution < -0.4 is 14.8 Å². The molecule has 1 aliphatic heterocycles. The van der Waals surface area contributed by atoms with Gasteiger partial charge in [-0.15, -0.1) is 11.3 Å². The van der Waals surface area contributed by atoms with Crippen molar-refractivity contribution < 1.29 is 19.1 Å². The number of Topliss-reactive ketones (excluding diaryl/α,β-unsaturated/α-hetero) is 1. The van der Waals surface area contributed by atoms with Crippen LogP contribution in [0.5, 0.6) is 11.5 Å². The first-order valence-corrected chi connectivity index (χ1v) is 8.51. The molecule has 3 rings (SSSR count). The maximum atomic E-state index is 12.3. The lowest BCUT2D eigenvalue weighted by atomic mass is 10.1. The predicted octanol–water partition coefficient (Wildman–Crippen LogP) is 3.13. The normalized spacial score (nSPS) is 12.8. The fraction of sp³-hybridized carbons (Fsp3) is 0.353. The molecule has 2 aromatic rings. The number of aromatic nitrogens is 1. The number of benzene rings is 1. The first-order chi connectivity index (χ1) is 11.5. The van der Waals surface area contributed by atoms with Gasteiger partial charge in [0, 0.05) is 23.3 Å². The number of anilines is 1. The molecular formula is C17H18N2O4S. The van der Waals surface area contributed by atoms with Crippen LogP contribution in [-0.2, 0) is 4.79 Å². The maximum absolute atomic E-state index is 12.3. The van der Waals surface area contributed by atoms with Crippen molar-refractivity contribution in [3.8, 4) is 11.5 Å². The van der Waals surface area contributed by atoms with E-state index in [0.717, 1.165) is 10.6 Å². The highest BCUT2D eigenvalue weighted by Gasteiger charge is 2.16. The minimum atomic E-state index is -0.213. The van der Waals surface area contributed by atoms with Crippen LogP contribution >= 0.6 is 11.3 Å². The Balaban J connectivity index is 1.56. The minimum absolute atomic E-state index is 0.103. The minimum Gasteiger partial charge on any atom is -0.486 e. The summed E-state index contributed by atoms with van der Waals surface area (Å²) in [5.74, 6) is 0.901. The number of nitrogens with zero attached hydrogens (tertiary/aromatic N) is 1. The summed E-state index contributed by atoms with van der Waals surface area (Å²) in [6.07, 6.45) is 0.250. The number of thiazole rings is 1. The SMILES string of the molecule is Cc1nc(NC(=O)CCC(=O)c2ccc3c(c2)OCCO3)sc1C. The molecule has 2 heterocycles. The Bertz CT molecular complexity index is 765. The molecule has 126 valence electrons. The molecule has 0 unspecified atom stereocenters. The molecule has 24 heavy (non-hydrogen) atoms. The first-order valence-electron chi connectivity index (χ1n) is 7.69. The second-order valence-corrected chi connectivity index (χ2v) is 6.69. The van der Waals surface area contributed by atoms with Gasteiger partial charge in [0.2, 0.25) is 5.91 Å². The number of hydrogen-bond donors (Lipinski definition) is 1. The van der Waals surface area contributed by atoms with Crippen LogP contribution in [0, 0.1) is 13.8 Å². The Labute approximate surface area is 143 Å². The largest absolute Gasteiger partial charge is 0.486 e. The van der Waals surface area contributed by atoms with E-state index < -0.39 is 0 Å². The number of fused-ring (bicyclic) bond motifs is 1. The summed E-state index contributed by atoms with van der Waals surface area (Å²) < 4.78 is 10.9. The van der Waals surface area contributed by atoms with Crippen molar-refractivity contribution in [2.24, 2.45) is 0 Å². The monoisotopic (exact) mass is 346 g/mol. The van der Waals surface area contributed by atoms with E-state index in [1.54, 1.807) is 18.2 Å². The zero-order valence-corrected chi connectivity index (χ0v) is 14.4. The Morgan fingerprint density at radius 1 is 1.17 bits per heavy atom. The standard InChI is InChI=1S/C17H18N2O4S/c1-10-11(2)24-17(18-10)19-16(21)6-4-13(20)12-3-5-14-15(9-12)23-8-7-22-14/h3,5,9H,4,6-8H2,1-2H3,(H,18,19,21). The molecule has 0 bridgehead atoms. The number of aryl methyl sites for hydroxylation is 2. The Hall–Kier alpha value is -2.41. The Kier molecular flexibility index (Phi) is 4.80. The van der Waals surface area contributed by atoms with Crippen molar-refractivity contribution in [1.82, 2.24) is 4.98 Å². The zero-order chi connectivity index (χ0) is 17.1. The van der Waals surface area contributed by atoms with Crippen LogP contribution in [0.2, 0.25) is 0 Å². The number of hydrogen-bond acceptors (Lipinski definition) is 6. The molecular weight excluding hydrogens is 328 g/mol. The van der Waals surface area contributed by atoms with Crippen LogP contribution in [0.4, 0.5) is 5.13 Å². The second-order valence-electron chi connectivity index (χ2n) is 5.49. The van der Waals surface area contributed by atoms with Gasteiger partial charge in [-0.1, -0.05) is 0 Å². The van der Waals surface area contributed by atoms with Crippen molar-refractivity contribution in [2.45, 2.75) is 26.7 Å². The molecule has 1 N–H and O–H groups in total. The van der Waals surface area contributed by atoms with Crippen molar-refractivity contribution in [1.29, 1.82) is 0 Å². The molecule has 0 saturated carbocycles. The van der Waals surface area contributed by atoms with Crippen LogP contribution in [0.15, 0.2) is 18.2 Å². The number of nitrogens with one attached hydrogen (secondary N) is 1. The summed E-state index contributed by atoms with van der Waals surface area (Å²) in [6, 6.07) is 5.09. The lowest BCUT2D eigenvalue weighted by molar-refractivity contribution is -0.116. The van der Waals surface area contributed by atoms with E-state index in [4.69, 9.17) is 9.47 Å². The quantitative estimate of drug-likeness (QED) is 0.842. The van der Waals surface area contributed by atoms with Gasteiger partial charge < -0.3 is 14.8 Å². The van der Waals surface area contributed by atoms with Gasteiger partial charge in [-0.05, 0) is 32.0 Å². The third kappa shape index (κ3) is 3.73. The van der Waals surface area contributed by atoms with Gasteiger partial charge in [-0.2, -0.15) is 0 Å². The lowest BCUT2D eigenvalue weighted by Crippen LogP contribution is -2.16. The average molecular weight is 346 g/mol. The molecule has 1 aromatic heterocycles. The van der Waals surface area contributed by atoms with Gasteiger partial charge in [-0.3, -0.25) is 9.59 Å². The smallest absolute Gasteiger partial charge is 0.226 e. The van der Waals surface area contributed by atoms with E-state index in [9.17, 15) is 9.59 Å². The second kappa shape index (κ2) is 7.00. The van der Waals surface area contributed by atoms with Crippen molar-refractivity contribution in [3.05, 3.63) is 34.3 Å². The summed E-state index contributed by atoms with van der Waals surface area (Å²) >= 11 is 1.43. The molecule has 1 aliphatic rings. The highest BCUT2D eigenvalue weighted by Crippen LogP contribution is 2.31. The van der Waals surface area contributed by atoms with Crippen LogP contribution in [-0.4, -0.2) is 29.9 Å². The van der Waals surface area contributed by atoms with Crippen molar-refractivity contribution in [3.63, 3.8) is 0 Å². The highest BCUT2D eigenvalue weighted by atomic mass is 32.1. The molecule has 0 radical (unpaired) electrons. The summed E-state index contributed by atoms with van der Waals surface area (Å²) in [4.78, 5) is 29.5. The fourth-order valence-corrected chi connectivity index (χ4v) is 3.13. The maximum Gasteiger partial charge on any atom is 0.226 e. The lowest BCUT2D eigenvalue weighted by Gasteiger charge is -2.18. The average Bonchev–Trinajstić information content (AvgIpc) is 2.89. The number of amides is 1. The van der Waals surface area contributed by atoms with E-state index >= 15 is 0 Å². The van der Waals surface area contributed by atoms with E-state index in [2.05, 4.69) is 10.3 Å². The zero-order valence-electron chi connectivity index (χ0n) is 13.5. The highest BCUT2D eigenvalue weighted by molar-refractivity contribution is 7.15. The summed E-state index contributed by atoms with van der Waals surface area (Å²) in [7, 11) is 0. The van der Waals surface area contributed by atoms with Crippen molar-refractivity contribution in [2.75, 3.05) is 18.5 Å². The number of rotatable bonds is 5. The molecule has 7 heteroatoms. The molecule has 1 amide bonds. The number of ketones is 1. The molecule has 0 aliphatic carbocycles. The van der Waals surface area contributed by atoms with Gasteiger partial charge in [0.15, 0.2) is 22.4 Å². The van der Waals surface area contributed by atoms with Crippen LogP contribution in [0.1, 0.15) is 33.8 Å². The molecule has 0 fully saturated rings. The fourth-order valence-electron chi connectivity index (χ4n) is 2.30. The van der Waals surface area contributed by atoms with E-state index in [1.165, 1.54) is 11.3 Å². The number of ether oxygens (including phenoxy) is 2. The Morgan fingerprint density at radius 2 is 1.92 bits per heavy atom. The number of carbonyl (C=O) groups is 2. The first kappa shape index (κ1) is 16.4. The summed E-state index contributed by atoms with van der Waals surface area (Å²) in [5.41, 5.74) is 1.43. The van der Waals surface area contributed by atoms with Gasteiger partial charge in [-0.25, -0.2) is 4.98 Å².